The minimum atomic E-state index is -0.396. The summed E-state index contributed by atoms with van der Waals surface area (Å²) in [5.41, 5.74) is 1.89. The summed E-state index contributed by atoms with van der Waals surface area (Å²) in [4.78, 5) is 15.3. The third kappa shape index (κ3) is 3.97. The Balaban J connectivity index is 1.55. The van der Waals surface area contributed by atoms with Crippen molar-refractivity contribution in [2.45, 2.75) is 18.8 Å². The Morgan fingerprint density at radius 1 is 0.815 bits per heavy atom. The van der Waals surface area contributed by atoms with Gasteiger partial charge in [0.05, 0.1) is 5.92 Å². The predicted molar refractivity (Wildman–Crippen MR) is 107 cm³/mol. The molecule has 0 bridgehead atoms. The zero-order chi connectivity index (χ0) is 18.5. The first-order chi connectivity index (χ1) is 13.3. The summed E-state index contributed by atoms with van der Waals surface area (Å²) in [6, 6.07) is 23.3. The lowest BCUT2D eigenvalue weighted by molar-refractivity contribution is -0.116. The van der Waals surface area contributed by atoms with Crippen LogP contribution in [-0.4, -0.2) is 29.2 Å². The van der Waals surface area contributed by atoms with Crippen LogP contribution in [0.1, 0.15) is 29.9 Å². The molecule has 136 valence electrons. The third-order valence-corrected chi connectivity index (χ3v) is 4.86. The number of amides is 1. The molecule has 0 atom stereocenters. The second-order valence-electron chi connectivity index (χ2n) is 6.71. The topological polar surface area (TPSA) is 58.1 Å². The molecular formula is C22H22N4O. The number of hydrogen-bond acceptors (Lipinski definition) is 4. The SMILES string of the molecule is O=C(Nc1ccc(N2CCCC2)nn1)C(c1ccccc1)c1ccccc1. The van der Waals surface area contributed by atoms with E-state index in [0.717, 1.165) is 30.0 Å². The molecule has 0 radical (unpaired) electrons. The van der Waals surface area contributed by atoms with Crippen molar-refractivity contribution in [3.63, 3.8) is 0 Å². The minimum Gasteiger partial charge on any atom is -0.355 e. The van der Waals surface area contributed by atoms with Gasteiger partial charge in [0.15, 0.2) is 11.6 Å². The van der Waals surface area contributed by atoms with Gasteiger partial charge in [-0.2, -0.15) is 0 Å². The van der Waals surface area contributed by atoms with E-state index in [4.69, 9.17) is 0 Å². The Hall–Kier alpha value is -3.21. The maximum absolute atomic E-state index is 13.1. The van der Waals surface area contributed by atoms with Crippen molar-refractivity contribution in [3.05, 3.63) is 83.9 Å². The van der Waals surface area contributed by atoms with Crippen LogP contribution in [0, 0.1) is 0 Å². The molecular weight excluding hydrogens is 336 g/mol. The van der Waals surface area contributed by atoms with Crippen molar-refractivity contribution >= 4 is 17.5 Å². The average Bonchev–Trinajstić information content (AvgIpc) is 3.25. The quantitative estimate of drug-likeness (QED) is 0.753. The van der Waals surface area contributed by atoms with Crippen LogP contribution >= 0.6 is 0 Å². The number of anilines is 2. The standard InChI is InChI=1S/C22H22N4O/c27-22(23-19-13-14-20(25-24-19)26-15-7-8-16-26)21(17-9-3-1-4-10-17)18-11-5-2-6-12-18/h1-6,9-14,21H,7-8,15-16H2,(H,23,24,27). The van der Waals surface area contributed by atoms with E-state index in [1.807, 2.05) is 72.8 Å². The highest BCUT2D eigenvalue weighted by Gasteiger charge is 2.23. The maximum atomic E-state index is 13.1. The van der Waals surface area contributed by atoms with E-state index < -0.39 is 5.92 Å². The number of nitrogens with one attached hydrogen (secondary N) is 1. The molecule has 1 fully saturated rings. The molecule has 0 spiro atoms. The molecule has 1 aliphatic heterocycles. The molecule has 5 nitrogen and oxygen atoms in total. The van der Waals surface area contributed by atoms with Crippen LogP contribution in [0.2, 0.25) is 0 Å². The fourth-order valence-corrected chi connectivity index (χ4v) is 3.49. The number of benzene rings is 2. The molecule has 27 heavy (non-hydrogen) atoms. The lowest BCUT2D eigenvalue weighted by Gasteiger charge is -2.18. The van der Waals surface area contributed by atoms with Crippen molar-refractivity contribution in [3.8, 4) is 0 Å². The van der Waals surface area contributed by atoms with Gasteiger partial charge in [0.1, 0.15) is 0 Å². The van der Waals surface area contributed by atoms with E-state index in [9.17, 15) is 4.79 Å². The van der Waals surface area contributed by atoms with Gasteiger partial charge >= 0.3 is 0 Å². The molecule has 4 rings (SSSR count). The molecule has 3 aromatic rings. The van der Waals surface area contributed by atoms with Crippen LogP contribution < -0.4 is 10.2 Å². The van der Waals surface area contributed by atoms with Gasteiger partial charge in [-0.25, -0.2) is 0 Å². The summed E-state index contributed by atoms with van der Waals surface area (Å²) in [6.07, 6.45) is 2.38. The Labute approximate surface area is 159 Å². The summed E-state index contributed by atoms with van der Waals surface area (Å²) in [6.45, 7) is 2.04. The highest BCUT2D eigenvalue weighted by Crippen LogP contribution is 2.26. The predicted octanol–water partition coefficient (Wildman–Crippen LogP) is 3.85. The first-order valence-corrected chi connectivity index (χ1v) is 9.31. The van der Waals surface area contributed by atoms with Crippen LogP contribution in [0.4, 0.5) is 11.6 Å². The summed E-state index contributed by atoms with van der Waals surface area (Å²) in [7, 11) is 0. The Bertz CT molecular complexity index is 836. The lowest BCUT2D eigenvalue weighted by atomic mass is 9.90. The van der Waals surface area contributed by atoms with Crippen molar-refractivity contribution in [2.75, 3.05) is 23.3 Å². The highest BCUT2D eigenvalue weighted by atomic mass is 16.2. The molecule has 2 aromatic carbocycles. The largest absolute Gasteiger partial charge is 0.355 e. The van der Waals surface area contributed by atoms with Crippen molar-refractivity contribution in [2.24, 2.45) is 0 Å². The van der Waals surface area contributed by atoms with Crippen molar-refractivity contribution in [1.29, 1.82) is 0 Å². The van der Waals surface area contributed by atoms with E-state index in [2.05, 4.69) is 20.4 Å². The Morgan fingerprint density at radius 3 is 1.93 bits per heavy atom. The van der Waals surface area contributed by atoms with Gasteiger partial charge < -0.3 is 10.2 Å². The van der Waals surface area contributed by atoms with Crippen molar-refractivity contribution in [1.82, 2.24) is 10.2 Å². The number of nitrogens with zero attached hydrogens (tertiary/aromatic N) is 3. The molecule has 1 saturated heterocycles. The van der Waals surface area contributed by atoms with Crippen LogP contribution in [0.3, 0.4) is 0 Å². The monoisotopic (exact) mass is 358 g/mol. The zero-order valence-corrected chi connectivity index (χ0v) is 15.1. The summed E-state index contributed by atoms with van der Waals surface area (Å²) in [5, 5.41) is 11.4. The first kappa shape index (κ1) is 17.2. The second kappa shape index (κ2) is 7.99. The van der Waals surface area contributed by atoms with Crippen molar-refractivity contribution < 1.29 is 4.79 Å². The fourth-order valence-electron chi connectivity index (χ4n) is 3.49. The number of hydrogen-bond donors (Lipinski definition) is 1. The number of rotatable bonds is 5. The van der Waals surface area contributed by atoms with Crippen LogP contribution in [0.15, 0.2) is 72.8 Å². The van der Waals surface area contributed by atoms with Gasteiger partial charge in [-0.15, -0.1) is 10.2 Å². The van der Waals surface area contributed by atoms with Crippen LogP contribution in [-0.2, 0) is 4.79 Å². The average molecular weight is 358 g/mol. The van der Waals surface area contributed by atoms with E-state index in [1.165, 1.54) is 12.8 Å². The summed E-state index contributed by atoms with van der Waals surface area (Å²) >= 11 is 0. The molecule has 1 aliphatic rings. The van der Waals surface area contributed by atoms with Gasteiger partial charge in [0, 0.05) is 13.1 Å². The molecule has 1 N–H and O–H groups in total. The molecule has 1 aromatic heterocycles. The highest BCUT2D eigenvalue weighted by molar-refractivity contribution is 5.97. The Kier molecular flexibility index (Phi) is 5.10. The molecule has 0 saturated carbocycles. The maximum Gasteiger partial charge on any atom is 0.237 e. The van der Waals surface area contributed by atoms with Gasteiger partial charge in [-0.3, -0.25) is 4.79 Å². The molecule has 1 amide bonds. The smallest absolute Gasteiger partial charge is 0.237 e. The normalized spacial score (nSPS) is 13.7. The lowest BCUT2D eigenvalue weighted by Crippen LogP contribution is -2.23. The van der Waals surface area contributed by atoms with Gasteiger partial charge in [-0.1, -0.05) is 60.7 Å². The minimum absolute atomic E-state index is 0.115. The number of carbonyl (C=O) groups excluding carboxylic acids is 1. The van der Waals surface area contributed by atoms with Crippen LogP contribution in [0.25, 0.3) is 0 Å². The van der Waals surface area contributed by atoms with Gasteiger partial charge in [-0.05, 0) is 36.1 Å². The Morgan fingerprint density at radius 2 is 1.41 bits per heavy atom. The molecule has 2 heterocycles. The third-order valence-electron chi connectivity index (χ3n) is 4.86. The van der Waals surface area contributed by atoms with E-state index >= 15 is 0 Å². The first-order valence-electron chi connectivity index (χ1n) is 9.31. The molecule has 0 aliphatic carbocycles. The molecule has 5 heteroatoms. The van der Waals surface area contributed by atoms with E-state index in [1.54, 1.807) is 0 Å². The fraction of sp³-hybridized carbons (Fsp3) is 0.227. The van der Waals surface area contributed by atoms with E-state index in [-0.39, 0.29) is 5.91 Å². The second-order valence-corrected chi connectivity index (χ2v) is 6.71. The number of carbonyl (C=O) groups is 1. The van der Waals surface area contributed by atoms with E-state index in [0.29, 0.717) is 5.82 Å². The summed E-state index contributed by atoms with van der Waals surface area (Å²) in [5.74, 6) is 0.830. The zero-order valence-electron chi connectivity index (χ0n) is 15.1. The molecule has 0 unspecified atom stereocenters. The number of aromatic nitrogens is 2. The van der Waals surface area contributed by atoms with Gasteiger partial charge in [0.2, 0.25) is 5.91 Å². The van der Waals surface area contributed by atoms with Crippen LogP contribution in [0.5, 0.6) is 0 Å². The van der Waals surface area contributed by atoms with Gasteiger partial charge in [0.25, 0.3) is 0 Å². The summed E-state index contributed by atoms with van der Waals surface area (Å²) < 4.78 is 0.